The molecule has 26 heavy (non-hydrogen) atoms. The zero-order valence-electron chi connectivity index (χ0n) is 14.3. The van der Waals surface area contributed by atoms with Gasteiger partial charge in [0.15, 0.2) is 11.5 Å². The van der Waals surface area contributed by atoms with E-state index in [9.17, 15) is 9.59 Å². The van der Waals surface area contributed by atoms with E-state index >= 15 is 0 Å². The lowest BCUT2D eigenvalue weighted by molar-refractivity contribution is -0.128. The molecule has 0 bridgehead atoms. The summed E-state index contributed by atoms with van der Waals surface area (Å²) >= 11 is 0. The topological polar surface area (TPSA) is 67.9 Å². The summed E-state index contributed by atoms with van der Waals surface area (Å²) in [5.41, 5.74) is 1.84. The zero-order chi connectivity index (χ0) is 17.9. The number of carbonyl (C=O) groups is 2. The largest absolute Gasteiger partial charge is 0.454 e. The molecule has 0 aliphatic carbocycles. The van der Waals surface area contributed by atoms with Crippen molar-refractivity contribution in [2.45, 2.75) is 12.8 Å². The lowest BCUT2D eigenvalue weighted by atomic mass is 10.1. The van der Waals surface area contributed by atoms with Crippen LogP contribution in [0.25, 0.3) is 0 Å². The fourth-order valence-corrected chi connectivity index (χ4v) is 3.29. The molecule has 6 nitrogen and oxygen atoms in total. The Labute approximate surface area is 151 Å². The monoisotopic (exact) mass is 352 g/mol. The Balaban J connectivity index is 1.33. The predicted molar refractivity (Wildman–Crippen MR) is 96.0 cm³/mol. The molecule has 2 heterocycles. The number of amides is 2. The second-order valence-electron chi connectivity index (χ2n) is 6.53. The van der Waals surface area contributed by atoms with Crippen LogP contribution in [0.2, 0.25) is 0 Å². The maximum atomic E-state index is 12.5. The van der Waals surface area contributed by atoms with Gasteiger partial charge in [-0.1, -0.05) is 30.3 Å². The van der Waals surface area contributed by atoms with Crippen molar-refractivity contribution in [3.63, 3.8) is 0 Å². The highest BCUT2D eigenvalue weighted by Crippen LogP contribution is 2.34. The molecule has 1 fully saturated rings. The highest BCUT2D eigenvalue weighted by atomic mass is 16.7. The predicted octanol–water partition coefficient (Wildman–Crippen LogP) is 2.45. The minimum absolute atomic E-state index is 0.0340. The van der Waals surface area contributed by atoms with Gasteiger partial charge in [-0.05, 0) is 24.1 Å². The molecular formula is C20H20N2O4. The normalized spacial score (nSPS) is 18.2. The number of rotatable bonds is 5. The Morgan fingerprint density at radius 1 is 1.12 bits per heavy atom. The second kappa shape index (κ2) is 7.07. The summed E-state index contributed by atoms with van der Waals surface area (Å²) in [6, 6.07) is 15.3. The van der Waals surface area contributed by atoms with Crippen molar-refractivity contribution in [2.24, 2.45) is 5.92 Å². The van der Waals surface area contributed by atoms with Crippen molar-refractivity contribution in [2.75, 3.05) is 25.2 Å². The number of nitrogens with zero attached hydrogens (tertiary/aromatic N) is 1. The number of likely N-dealkylation sites (tertiary alicyclic amines) is 1. The number of hydrogen-bond donors (Lipinski definition) is 1. The first-order chi connectivity index (χ1) is 12.7. The number of fused-ring (bicyclic) bond motifs is 1. The highest BCUT2D eigenvalue weighted by Gasteiger charge is 2.34. The molecule has 2 amide bonds. The van der Waals surface area contributed by atoms with Crippen LogP contribution < -0.4 is 14.8 Å². The summed E-state index contributed by atoms with van der Waals surface area (Å²) in [6.07, 6.45) is 1.05. The molecule has 1 atom stereocenters. The minimum Gasteiger partial charge on any atom is -0.454 e. The lowest BCUT2D eigenvalue weighted by Gasteiger charge is -2.16. The summed E-state index contributed by atoms with van der Waals surface area (Å²) in [5, 5.41) is 2.88. The summed E-state index contributed by atoms with van der Waals surface area (Å²) in [4.78, 5) is 26.5. The Morgan fingerprint density at radius 2 is 1.92 bits per heavy atom. The van der Waals surface area contributed by atoms with Gasteiger partial charge in [-0.3, -0.25) is 9.59 Å². The Hall–Kier alpha value is -3.02. The van der Waals surface area contributed by atoms with E-state index < -0.39 is 0 Å². The molecule has 0 spiro atoms. The van der Waals surface area contributed by atoms with Crippen LogP contribution in [0.1, 0.15) is 12.0 Å². The van der Waals surface area contributed by atoms with E-state index in [-0.39, 0.29) is 30.9 Å². The fourth-order valence-electron chi connectivity index (χ4n) is 3.29. The smallest absolute Gasteiger partial charge is 0.231 e. The fraction of sp³-hybridized carbons (Fsp3) is 0.300. The molecule has 0 saturated carbocycles. The number of nitrogens with one attached hydrogen (secondary N) is 1. The number of ether oxygens (including phenoxy) is 2. The van der Waals surface area contributed by atoms with Crippen LogP contribution in [0.15, 0.2) is 48.5 Å². The van der Waals surface area contributed by atoms with Crippen LogP contribution in [-0.2, 0) is 16.0 Å². The average Bonchev–Trinajstić information content (AvgIpc) is 3.27. The summed E-state index contributed by atoms with van der Waals surface area (Å²) in [5.74, 6) is 0.857. The summed E-state index contributed by atoms with van der Waals surface area (Å²) in [7, 11) is 0. The van der Waals surface area contributed by atoms with Crippen molar-refractivity contribution in [1.29, 1.82) is 0 Å². The van der Waals surface area contributed by atoms with Gasteiger partial charge in [0, 0.05) is 31.3 Å². The summed E-state index contributed by atoms with van der Waals surface area (Å²) in [6.45, 7) is 1.29. The molecule has 2 aromatic rings. The molecular weight excluding hydrogens is 332 g/mol. The quantitative estimate of drug-likeness (QED) is 0.897. The van der Waals surface area contributed by atoms with E-state index in [0.29, 0.717) is 30.3 Å². The molecule has 134 valence electrons. The van der Waals surface area contributed by atoms with Crippen molar-refractivity contribution in [3.05, 3.63) is 54.1 Å². The highest BCUT2D eigenvalue weighted by molar-refractivity contribution is 5.97. The van der Waals surface area contributed by atoms with E-state index in [1.807, 2.05) is 30.3 Å². The minimum atomic E-state index is -0.330. The lowest BCUT2D eigenvalue weighted by Crippen LogP contribution is -2.30. The molecule has 1 N–H and O–H groups in total. The molecule has 0 unspecified atom stereocenters. The van der Waals surface area contributed by atoms with Crippen LogP contribution in [0, 0.1) is 5.92 Å². The van der Waals surface area contributed by atoms with Crippen LogP contribution >= 0.6 is 0 Å². The first-order valence-corrected chi connectivity index (χ1v) is 8.71. The third kappa shape index (κ3) is 3.49. The molecule has 0 radical (unpaired) electrons. The van der Waals surface area contributed by atoms with Crippen molar-refractivity contribution in [1.82, 2.24) is 4.90 Å². The zero-order valence-corrected chi connectivity index (χ0v) is 14.3. The van der Waals surface area contributed by atoms with E-state index in [1.54, 1.807) is 23.1 Å². The summed E-state index contributed by atoms with van der Waals surface area (Å²) < 4.78 is 10.6. The molecule has 1 saturated heterocycles. The Bertz CT molecular complexity index is 822. The van der Waals surface area contributed by atoms with E-state index in [4.69, 9.17) is 9.47 Å². The number of hydrogen-bond acceptors (Lipinski definition) is 4. The second-order valence-corrected chi connectivity index (χ2v) is 6.53. The third-order valence-corrected chi connectivity index (χ3v) is 4.74. The van der Waals surface area contributed by atoms with E-state index in [0.717, 1.165) is 6.42 Å². The number of carbonyl (C=O) groups excluding carboxylic acids is 2. The van der Waals surface area contributed by atoms with Gasteiger partial charge in [-0.25, -0.2) is 0 Å². The average molecular weight is 352 g/mol. The van der Waals surface area contributed by atoms with Crippen molar-refractivity contribution in [3.8, 4) is 11.5 Å². The molecule has 6 heteroatoms. The van der Waals surface area contributed by atoms with Crippen LogP contribution in [0.3, 0.4) is 0 Å². The van der Waals surface area contributed by atoms with Crippen LogP contribution in [-0.4, -0.2) is 36.6 Å². The third-order valence-electron chi connectivity index (χ3n) is 4.74. The van der Waals surface area contributed by atoms with Gasteiger partial charge in [-0.2, -0.15) is 0 Å². The van der Waals surface area contributed by atoms with Gasteiger partial charge in [-0.15, -0.1) is 0 Å². The maximum absolute atomic E-state index is 12.5. The van der Waals surface area contributed by atoms with Gasteiger partial charge < -0.3 is 19.7 Å². The first-order valence-electron chi connectivity index (χ1n) is 8.71. The van der Waals surface area contributed by atoms with Crippen LogP contribution in [0.5, 0.6) is 11.5 Å². The van der Waals surface area contributed by atoms with E-state index in [1.165, 1.54) is 5.56 Å². The van der Waals surface area contributed by atoms with Gasteiger partial charge >= 0.3 is 0 Å². The van der Waals surface area contributed by atoms with Crippen molar-refractivity contribution >= 4 is 17.5 Å². The van der Waals surface area contributed by atoms with E-state index in [2.05, 4.69) is 5.32 Å². The number of anilines is 1. The Kier molecular flexibility index (Phi) is 4.48. The SMILES string of the molecule is O=C(Nc1ccc2c(c1)OCO2)[C@H]1CC(=O)N(CCc2ccccc2)C1. The van der Waals surface area contributed by atoms with Crippen LogP contribution in [0.4, 0.5) is 5.69 Å². The molecule has 4 rings (SSSR count). The molecule has 2 aliphatic heterocycles. The Morgan fingerprint density at radius 3 is 2.77 bits per heavy atom. The molecule has 2 aromatic carbocycles. The standard InChI is InChI=1S/C20H20N2O4/c23-19-10-15(12-22(19)9-8-14-4-2-1-3-5-14)20(24)21-16-6-7-17-18(11-16)26-13-25-17/h1-7,11,15H,8-10,12-13H2,(H,21,24)/t15-/m0/s1. The first kappa shape index (κ1) is 16.4. The van der Waals surface area contributed by atoms with Gasteiger partial charge in [0.1, 0.15) is 0 Å². The van der Waals surface area contributed by atoms with Crippen molar-refractivity contribution < 1.29 is 19.1 Å². The van der Waals surface area contributed by atoms with Gasteiger partial charge in [0.05, 0.1) is 5.92 Å². The molecule has 0 aromatic heterocycles. The van der Waals surface area contributed by atoms with Gasteiger partial charge in [0.2, 0.25) is 18.6 Å². The van der Waals surface area contributed by atoms with Gasteiger partial charge in [0.25, 0.3) is 0 Å². The number of benzene rings is 2. The maximum Gasteiger partial charge on any atom is 0.231 e. The molecule has 2 aliphatic rings.